The van der Waals surface area contributed by atoms with Crippen LogP contribution >= 0.6 is 35.0 Å². The number of fused-ring (bicyclic) bond motifs is 1. The van der Waals surface area contributed by atoms with Crippen LogP contribution in [0.1, 0.15) is 11.6 Å². The van der Waals surface area contributed by atoms with Crippen LogP contribution in [-0.4, -0.2) is 32.6 Å². The van der Waals surface area contributed by atoms with Crippen molar-refractivity contribution in [3.05, 3.63) is 77.1 Å². The summed E-state index contributed by atoms with van der Waals surface area (Å²) in [5.41, 5.74) is 1.07. The van der Waals surface area contributed by atoms with Crippen LogP contribution in [0.15, 0.2) is 70.8 Å². The molecule has 2 aromatic rings. The predicted octanol–water partition coefficient (Wildman–Crippen LogP) is 5.65. The van der Waals surface area contributed by atoms with E-state index in [4.69, 9.17) is 23.2 Å². The maximum atomic E-state index is 13.5. The van der Waals surface area contributed by atoms with Gasteiger partial charge in [-0.1, -0.05) is 35.9 Å². The van der Waals surface area contributed by atoms with Crippen LogP contribution in [-0.2, 0) is 4.79 Å². The van der Waals surface area contributed by atoms with Crippen molar-refractivity contribution in [3.8, 4) is 0 Å². The third kappa shape index (κ3) is 4.73. The molecule has 5 nitrogen and oxygen atoms in total. The van der Waals surface area contributed by atoms with Crippen molar-refractivity contribution in [1.29, 1.82) is 0 Å². The minimum absolute atomic E-state index is 0.230. The smallest absolute Gasteiger partial charge is 0.323 e. The SMILES string of the molecule is O=C(/C=C/C1C(c2ccccc2Cl)N=C2SC(C(F)(F)Cl)=NN21)Nc1ccc(F)cc1. The van der Waals surface area contributed by atoms with Crippen molar-refractivity contribution in [3.63, 3.8) is 0 Å². The molecular formula is C20H13Cl2F3N4OS. The van der Waals surface area contributed by atoms with Crippen LogP contribution in [0.5, 0.6) is 0 Å². The van der Waals surface area contributed by atoms with Gasteiger partial charge in [-0.2, -0.15) is 13.9 Å². The van der Waals surface area contributed by atoms with Gasteiger partial charge in [-0.25, -0.2) is 14.4 Å². The lowest BCUT2D eigenvalue weighted by Crippen LogP contribution is -2.29. The number of carbonyl (C=O) groups excluding carboxylic acids is 1. The highest BCUT2D eigenvalue weighted by Gasteiger charge is 2.47. The van der Waals surface area contributed by atoms with E-state index in [9.17, 15) is 18.0 Å². The number of benzene rings is 2. The molecule has 31 heavy (non-hydrogen) atoms. The minimum atomic E-state index is -3.63. The third-order valence-corrected chi connectivity index (χ3v) is 6.10. The van der Waals surface area contributed by atoms with Gasteiger partial charge < -0.3 is 5.32 Å². The molecule has 2 aliphatic heterocycles. The number of alkyl halides is 3. The molecule has 2 aliphatic rings. The summed E-state index contributed by atoms with van der Waals surface area (Å²) in [5, 5.41) is 4.25. The summed E-state index contributed by atoms with van der Waals surface area (Å²) in [7, 11) is 0. The molecule has 0 saturated heterocycles. The number of anilines is 1. The first-order valence-corrected chi connectivity index (χ1v) is 10.5. The van der Waals surface area contributed by atoms with Crippen molar-refractivity contribution in [2.45, 2.75) is 17.5 Å². The van der Waals surface area contributed by atoms with Gasteiger partial charge in [-0.3, -0.25) is 4.79 Å². The van der Waals surface area contributed by atoms with E-state index < -0.39 is 34.2 Å². The highest BCUT2D eigenvalue weighted by atomic mass is 35.5. The fourth-order valence-corrected chi connectivity index (χ4v) is 4.32. The molecule has 2 heterocycles. The number of thioether (sulfide) groups is 1. The van der Waals surface area contributed by atoms with E-state index in [2.05, 4.69) is 15.4 Å². The van der Waals surface area contributed by atoms with Gasteiger partial charge in [-0.05, 0) is 59.3 Å². The van der Waals surface area contributed by atoms with Gasteiger partial charge >= 0.3 is 5.38 Å². The van der Waals surface area contributed by atoms with E-state index in [-0.39, 0.29) is 5.17 Å². The number of carbonyl (C=O) groups is 1. The van der Waals surface area contributed by atoms with Crippen LogP contribution < -0.4 is 5.32 Å². The lowest BCUT2D eigenvalue weighted by atomic mass is 10.00. The Labute approximate surface area is 189 Å². The van der Waals surface area contributed by atoms with E-state index in [1.54, 1.807) is 24.3 Å². The molecule has 160 valence electrons. The topological polar surface area (TPSA) is 57.1 Å². The molecule has 2 atom stereocenters. The Bertz CT molecular complexity index is 1100. The van der Waals surface area contributed by atoms with Gasteiger partial charge in [0.25, 0.3) is 0 Å². The zero-order valence-corrected chi connectivity index (χ0v) is 17.8. The first-order valence-electron chi connectivity index (χ1n) is 8.92. The Morgan fingerprint density at radius 2 is 1.90 bits per heavy atom. The van der Waals surface area contributed by atoms with E-state index in [0.29, 0.717) is 28.0 Å². The van der Waals surface area contributed by atoms with Crippen LogP contribution in [0.4, 0.5) is 18.9 Å². The van der Waals surface area contributed by atoms with Gasteiger partial charge in [0.15, 0.2) is 10.2 Å². The summed E-state index contributed by atoms with van der Waals surface area (Å²) in [4.78, 5) is 16.8. The molecule has 0 radical (unpaired) electrons. The molecule has 0 aliphatic carbocycles. The Balaban J connectivity index is 1.60. The number of halogens is 5. The standard InChI is InChI=1S/C20H13Cl2F3N4OS/c21-14-4-2-1-3-13(14)17-15(29-19(27-17)31-18(28-29)20(22,24)25)9-10-16(30)26-12-7-5-11(23)6-8-12/h1-10,15,17H,(H,26,30)/b10-9+. The zero-order valence-electron chi connectivity index (χ0n) is 15.5. The van der Waals surface area contributed by atoms with Crippen molar-refractivity contribution in [2.24, 2.45) is 10.1 Å². The monoisotopic (exact) mass is 484 g/mol. The number of amidine groups is 1. The Kier molecular flexibility index (Phi) is 6.00. The average Bonchev–Trinajstić information content (AvgIpc) is 3.27. The molecule has 4 rings (SSSR count). The van der Waals surface area contributed by atoms with Crippen LogP contribution in [0, 0.1) is 5.82 Å². The van der Waals surface area contributed by atoms with Crippen LogP contribution in [0.25, 0.3) is 0 Å². The highest BCUT2D eigenvalue weighted by molar-refractivity contribution is 8.27. The summed E-state index contributed by atoms with van der Waals surface area (Å²) < 4.78 is 40.1. The third-order valence-electron chi connectivity index (χ3n) is 4.46. The molecule has 0 saturated carbocycles. The lowest BCUT2D eigenvalue weighted by molar-refractivity contribution is -0.111. The summed E-state index contributed by atoms with van der Waals surface area (Å²) in [6.07, 6.45) is 2.75. The van der Waals surface area contributed by atoms with Gasteiger partial charge in [0, 0.05) is 16.8 Å². The fraction of sp³-hybridized carbons (Fsp3) is 0.150. The molecule has 1 N–H and O–H groups in total. The van der Waals surface area contributed by atoms with Crippen LogP contribution in [0.2, 0.25) is 5.02 Å². The highest BCUT2D eigenvalue weighted by Crippen LogP contribution is 2.44. The quantitative estimate of drug-likeness (QED) is 0.440. The number of hydrogen-bond acceptors (Lipinski definition) is 5. The van der Waals surface area contributed by atoms with E-state index in [1.165, 1.54) is 41.4 Å². The lowest BCUT2D eigenvalue weighted by Gasteiger charge is -2.21. The van der Waals surface area contributed by atoms with Crippen molar-refractivity contribution in [1.82, 2.24) is 5.01 Å². The average molecular weight is 485 g/mol. The van der Waals surface area contributed by atoms with Gasteiger partial charge in [-0.15, -0.1) is 0 Å². The molecule has 2 aromatic carbocycles. The van der Waals surface area contributed by atoms with Crippen LogP contribution in [0.3, 0.4) is 0 Å². The molecule has 2 unspecified atom stereocenters. The normalized spacial score (nSPS) is 20.6. The molecule has 11 heteroatoms. The zero-order chi connectivity index (χ0) is 22.2. The van der Waals surface area contributed by atoms with Gasteiger partial charge in [0.05, 0.1) is 6.04 Å². The van der Waals surface area contributed by atoms with E-state index in [0.717, 1.165) is 0 Å². The Hall–Kier alpha value is -2.49. The Morgan fingerprint density at radius 3 is 2.58 bits per heavy atom. The first kappa shape index (κ1) is 21.7. The molecule has 0 fully saturated rings. The first-order chi connectivity index (χ1) is 14.7. The number of hydrazone groups is 1. The maximum absolute atomic E-state index is 13.5. The molecule has 0 aromatic heterocycles. The van der Waals surface area contributed by atoms with Crippen molar-refractivity contribution in [2.75, 3.05) is 5.32 Å². The van der Waals surface area contributed by atoms with E-state index in [1.807, 2.05) is 0 Å². The minimum Gasteiger partial charge on any atom is -0.323 e. The van der Waals surface area contributed by atoms with Gasteiger partial charge in [0.1, 0.15) is 11.9 Å². The summed E-state index contributed by atoms with van der Waals surface area (Å²) in [6.45, 7) is 0. The second kappa shape index (κ2) is 8.57. The number of hydrogen-bond donors (Lipinski definition) is 1. The van der Waals surface area contributed by atoms with Crippen molar-refractivity contribution >= 4 is 56.8 Å². The fourth-order valence-electron chi connectivity index (χ4n) is 3.08. The number of amides is 1. The van der Waals surface area contributed by atoms with Crippen molar-refractivity contribution < 1.29 is 18.0 Å². The van der Waals surface area contributed by atoms with E-state index >= 15 is 0 Å². The largest absolute Gasteiger partial charge is 0.372 e. The molecule has 0 bridgehead atoms. The number of aliphatic imine (C=N–C) groups is 1. The molecule has 1 amide bonds. The second-order valence-corrected chi connectivity index (χ2v) is 8.41. The maximum Gasteiger partial charge on any atom is 0.372 e. The Morgan fingerprint density at radius 1 is 1.19 bits per heavy atom. The predicted molar refractivity (Wildman–Crippen MR) is 117 cm³/mol. The number of nitrogens with one attached hydrogen (secondary N) is 1. The number of rotatable bonds is 5. The summed E-state index contributed by atoms with van der Waals surface area (Å²) in [5.74, 6) is -0.917. The second-order valence-electron chi connectivity index (χ2n) is 6.57. The molecular weight excluding hydrogens is 472 g/mol. The summed E-state index contributed by atoms with van der Waals surface area (Å²) >= 11 is 12.1. The number of nitrogens with zero attached hydrogens (tertiary/aromatic N) is 3. The molecule has 0 spiro atoms. The summed E-state index contributed by atoms with van der Waals surface area (Å²) in [6, 6.07) is 11.0. The van der Waals surface area contributed by atoms with Gasteiger partial charge in [0.2, 0.25) is 5.91 Å².